The fourth-order valence-electron chi connectivity index (χ4n) is 2.55. The summed E-state index contributed by atoms with van der Waals surface area (Å²) in [5, 5.41) is 13.6. The average molecular weight is 229 g/mol. The third-order valence-corrected chi connectivity index (χ3v) is 3.70. The zero-order valence-electron chi connectivity index (χ0n) is 9.62. The highest BCUT2D eigenvalue weighted by Crippen LogP contribution is 2.45. The maximum absolute atomic E-state index is 12.1. The van der Waals surface area contributed by atoms with Gasteiger partial charge in [0.25, 0.3) is 0 Å². The monoisotopic (exact) mass is 229 g/mol. The van der Waals surface area contributed by atoms with Gasteiger partial charge in [-0.1, -0.05) is 0 Å². The van der Waals surface area contributed by atoms with Crippen LogP contribution in [-0.2, 0) is 14.3 Å². The van der Waals surface area contributed by atoms with Gasteiger partial charge in [-0.15, -0.1) is 0 Å². The van der Waals surface area contributed by atoms with Crippen LogP contribution in [-0.4, -0.2) is 49.6 Å². The largest absolute Gasteiger partial charge is 0.465 e. The summed E-state index contributed by atoms with van der Waals surface area (Å²) in [6.07, 6.45) is 1.23. The predicted molar refractivity (Wildman–Crippen MR) is 56.9 cm³/mol. The van der Waals surface area contributed by atoms with E-state index >= 15 is 0 Å². The molecule has 0 amide bonds. The molecule has 2 heterocycles. The summed E-state index contributed by atoms with van der Waals surface area (Å²) in [5.74, 6) is -0.276. The van der Waals surface area contributed by atoms with Crippen molar-refractivity contribution in [1.82, 2.24) is 5.32 Å². The molecule has 2 N–H and O–H groups in total. The molecule has 2 aliphatic rings. The molecule has 0 unspecified atom stereocenters. The first kappa shape index (κ1) is 11.8. The number of aliphatic hydroxyl groups is 1. The molecule has 0 aliphatic carbocycles. The van der Waals surface area contributed by atoms with Gasteiger partial charge in [0.05, 0.1) is 19.8 Å². The van der Waals surface area contributed by atoms with Crippen LogP contribution in [0.3, 0.4) is 0 Å². The van der Waals surface area contributed by atoms with Crippen molar-refractivity contribution < 1.29 is 19.4 Å². The van der Waals surface area contributed by atoms with Gasteiger partial charge in [-0.05, 0) is 32.9 Å². The molecule has 2 fully saturated rings. The molecule has 0 bridgehead atoms. The summed E-state index contributed by atoms with van der Waals surface area (Å²) >= 11 is 0. The molecule has 5 nitrogen and oxygen atoms in total. The van der Waals surface area contributed by atoms with E-state index in [1.165, 1.54) is 0 Å². The van der Waals surface area contributed by atoms with Crippen molar-refractivity contribution in [1.29, 1.82) is 0 Å². The van der Waals surface area contributed by atoms with E-state index in [-0.39, 0.29) is 19.2 Å². The smallest absolute Gasteiger partial charge is 0.315 e. The Morgan fingerprint density at radius 2 is 2.06 bits per heavy atom. The third-order valence-electron chi connectivity index (χ3n) is 3.70. The van der Waals surface area contributed by atoms with E-state index in [2.05, 4.69) is 5.32 Å². The Hall–Kier alpha value is -0.650. The van der Waals surface area contributed by atoms with Crippen LogP contribution in [0.4, 0.5) is 0 Å². The zero-order valence-corrected chi connectivity index (χ0v) is 9.62. The highest BCUT2D eigenvalue weighted by Gasteiger charge is 2.60. The number of esters is 1. The van der Waals surface area contributed by atoms with E-state index in [4.69, 9.17) is 9.47 Å². The summed E-state index contributed by atoms with van der Waals surface area (Å²) < 4.78 is 10.2. The van der Waals surface area contributed by atoms with Crippen molar-refractivity contribution in [2.24, 2.45) is 5.41 Å². The van der Waals surface area contributed by atoms with Gasteiger partial charge in [0.15, 0.2) is 0 Å². The Kier molecular flexibility index (Phi) is 3.19. The van der Waals surface area contributed by atoms with Crippen LogP contribution < -0.4 is 5.32 Å². The Balaban J connectivity index is 2.20. The standard InChI is InChI=1S/C11H19NO4/c1-2-16-9(13)10(3-5-12-6-4-10)11(14)7-15-8-11/h12,14H,2-8H2,1H3. The van der Waals surface area contributed by atoms with Gasteiger partial charge in [0, 0.05) is 0 Å². The molecule has 0 aromatic carbocycles. The number of carbonyl (C=O) groups excluding carboxylic acids is 1. The van der Waals surface area contributed by atoms with E-state index in [0.717, 1.165) is 13.1 Å². The maximum Gasteiger partial charge on any atom is 0.315 e. The molecule has 0 saturated carbocycles. The summed E-state index contributed by atoms with van der Waals surface area (Å²) in [6.45, 7) is 4.10. The highest BCUT2D eigenvalue weighted by atomic mass is 16.6. The molecule has 16 heavy (non-hydrogen) atoms. The van der Waals surface area contributed by atoms with Crippen molar-refractivity contribution in [2.45, 2.75) is 25.4 Å². The van der Waals surface area contributed by atoms with Crippen LogP contribution in [0.2, 0.25) is 0 Å². The fraction of sp³-hybridized carbons (Fsp3) is 0.909. The number of carbonyl (C=O) groups is 1. The van der Waals surface area contributed by atoms with Crippen molar-refractivity contribution in [3.05, 3.63) is 0 Å². The molecule has 2 rings (SSSR count). The molecule has 0 radical (unpaired) electrons. The lowest BCUT2D eigenvalue weighted by Gasteiger charge is -2.51. The Morgan fingerprint density at radius 3 is 2.50 bits per heavy atom. The fourth-order valence-corrected chi connectivity index (χ4v) is 2.55. The minimum absolute atomic E-state index is 0.242. The Labute approximate surface area is 95.1 Å². The first-order chi connectivity index (χ1) is 7.65. The Morgan fingerprint density at radius 1 is 1.44 bits per heavy atom. The van der Waals surface area contributed by atoms with Gasteiger partial charge in [-0.2, -0.15) is 0 Å². The number of piperidine rings is 1. The maximum atomic E-state index is 12.1. The number of rotatable bonds is 3. The molecule has 92 valence electrons. The van der Waals surface area contributed by atoms with Crippen LogP contribution >= 0.6 is 0 Å². The molecule has 0 aromatic heterocycles. The number of ether oxygens (including phenoxy) is 2. The topological polar surface area (TPSA) is 67.8 Å². The van der Waals surface area contributed by atoms with E-state index < -0.39 is 11.0 Å². The molecule has 0 spiro atoms. The van der Waals surface area contributed by atoms with Crippen LogP contribution in [0.15, 0.2) is 0 Å². The molecule has 2 saturated heterocycles. The normalized spacial score (nSPS) is 26.9. The first-order valence-electron chi connectivity index (χ1n) is 5.83. The number of hydrogen-bond donors (Lipinski definition) is 2. The van der Waals surface area contributed by atoms with Crippen molar-refractivity contribution in [2.75, 3.05) is 32.9 Å². The van der Waals surface area contributed by atoms with Crippen molar-refractivity contribution in [3.8, 4) is 0 Å². The lowest BCUT2D eigenvalue weighted by molar-refractivity contribution is -0.251. The Bertz CT molecular complexity index is 269. The first-order valence-corrected chi connectivity index (χ1v) is 5.83. The van der Waals surface area contributed by atoms with Crippen molar-refractivity contribution in [3.63, 3.8) is 0 Å². The second-order valence-electron chi connectivity index (χ2n) is 4.58. The van der Waals surface area contributed by atoms with E-state index in [1.54, 1.807) is 6.92 Å². The summed E-state index contributed by atoms with van der Waals surface area (Å²) in [5.41, 5.74) is -1.80. The van der Waals surface area contributed by atoms with Gasteiger partial charge in [0.2, 0.25) is 0 Å². The average Bonchev–Trinajstić information content (AvgIpc) is 2.27. The SMILES string of the molecule is CCOC(=O)C1(C2(O)COC2)CCNCC1. The lowest BCUT2D eigenvalue weighted by Crippen LogP contribution is -2.67. The molecule has 0 aromatic rings. The summed E-state index contributed by atoms with van der Waals surface area (Å²) in [7, 11) is 0. The molecule has 0 atom stereocenters. The molecule has 5 heteroatoms. The van der Waals surface area contributed by atoms with Crippen LogP contribution in [0.1, 0.15) is 19.8 Å². The second-order valence-corrected chi connectivity index (χ2v) is 4.58. The van der Waals surface area contributed by atoms with Crippen LogP contribution in [0, 0.1) is 5.41 Å². The van der Waals surface area contributed by atoms with Gasteiger partial charge in [-0.25, -0.2) is 0 Å². The summed E-state index contributed by atoms with van der Waals surface area (Å²) in [4.78, 5) is 12.1. The van der Waals surface area contributed by atoms with Gasteiger partial charge < -0.3 is 19.9 Å². The van der Waals surface area contributed by atoms with Crippen LogP contribution in [0.25, 0.3) is 0 Å². The van der Waals surface area contributed by atoms with Gasteiger partial charge >= 0.3 is 5.97 Å². The van der Waals surface area contributed by atoms with E-state index in [1.807, 2.05) is 0 Å². The van der Waals surface area contributed by atoms with Crippen molar-refractivity contribution >= 4 is 5.97 Å². The lowest BCUT2D eigenvalue weighted by atomic mass is 9.65. The van der Waals surface area contributed by atoms with Gasteiger partial charge in [0.1, 0.15) is 11.0 Å². The molecular formula is C11H19NO4. The zero-order chi connectivity index (χ0) is 11.6. The van der Waals surface area contributed by atoms with E-state index in [0.29, 0.717) is 19.4 Å². The number of hydrogen-bond acceptors (Lipinski definition) is 5. The minimum Gasteiger partial charge on any atom is -0.465 e. The van der Waals surface area contributed by atoms with E-state index in [9.17, 15) is 9.90 Å². The molecular weight excluding hydrogens is 210 g/mol. The third kappa shape index (κ3) is 1.63. The summed E-state index contributed by atoms with van der Waals surface area (Å²) in [6, 6.07) is 0. The minimum atomic E-state index is -1.03. The predicted octanol–water partition coefficient (Wildman–Crippen LogP) is -0.319. The number of nitrogens with one attached hydrogen (secondary N) is 1. The quantitative estimate of drug-likeness (QED) is 0.649. The highest BCUT2D eigenvalue weighted by molar-refractivity contribution is 5.79. The molecule has 2 aliphatic heterocycles. The van der Waals surface area contributed by atoms with Gasteiger partial charge in [-0.3, -0.25) is 4.79 Å². The van der Waals surface area contributed by atoms with Crippen LogP contribution in [0.5, 0.6) is 0 Å². The second kappa shape index (κ2) is 4.31.